The Morgan fingerprint density at radius 2 is 1.78 bits per heavy atom. The first-order valence-electron chi connectivity index (χ1n) is 6.75. The molecule has 1 aromatic rings. The van der Waals surface area contributed by atoms with Crippen molar-refractivity contribution in [3.8, 4) is 5.75 Å². The van der Waals surface area contributed by atoms with E-state index in [1.54, 1.807) is 0 Å². The normalized spacial score (nSPS) is 10.9. The number of hydrogen-bond donors (Lipinski definition) is 1. The van der Waals surface area contributed by atoms with Gasteiger partial charge in [-0.2, -0.15) is 0 Å². The average Bonchev–Trinajstić information content (AvgIpc) is 2.38. The third-order valence-electron chi connectivity index (χ3n) is 2.72. The van der Waals surface area contributed by atoms with Crippen molar-refractivity contribution >= 4 is 0 Å². The summed E-state index contributed by atoms with van der Waals surface area (Å²) in [5, 5.41) is 3.21. The molecule has 0 radical (unpaired) electrons. The Bertz CT molecular complexity index is 309. The minimum absolute atomic E-state index is 0.563. The Morgan fingerprint density at radius 3 is 2.39 bits per heavy atom. The van der Waals surface area contributed by atoms with Crippen LogP contribution in [0.25, 0.3) is 0 Å². The quantitative estimate of drug-likeness (QED) is 0.685. The van der Waals surface area contributed by atoms with E-state index in [1.165, 1.54) is 5.56 Å². The summed E-state index contributed by atoms with van der Waals surface area (Å²) in [5.41, 5.74) is 1.34. The molecule has 102 valence electrons. The maximum absolute atomic E-state index is 5.60. The Hall–Kier alpha value is -1.06. The zero-order chi connectivity index (χ0) is 13.2. The van der Waals surface area contributed by atoms with Crippen LogP contribution in [0, 0.1) is 0 Å². The van der Waals surface area contributed by atoms with Gasteiger partial charge in [0, 0.05) is 6.54 Å². The molecule has 1 N–H and O–H groups in total. The van der Waals surface area contributed by atoms with Gasteiger partial charge in [0.25, 0.3) is 0 Å². The molecule has 0 atom stereocenters. The van der Waals surface area contributed by atoms with E-state index in [4.69, 9.17) is 9.47 Å². The van der Waals surface area contributed by atoms with Crippen LogP contribution in [0.3, 0.4) is 0 Å². The zero-order valence-electron chi connectivity index (χ0n) is 11.7. The van der Waals surface area contributed by atoms with E-state index in [9.17, 15) is 0 Å². The first-order chi connectivity index (χ1) is 8.74. The van der Waals surface area contributed by atoms with Crippen LogP contribution < -0.4 is 10.1 Å². The van der Waals surface area contributed by atoms with Gasteiger partial charge in [-0.05, 0) is 30.2 Å². The molecule has 1 rings (SSSR count). The molecule has 3 heteroatoms. The van der Waals surface area contributed by atoms with Crippen LogP contribution in [0.15, 0.2) is 24.3 Å². The first kappa shape index (κ1) is 15.0. The van der Waals surface area contributed by atoms with Crippen LogP contribution in [-0.4, -0.2) is 32.9 Å². The minimum Gasteiger partial charge on any atom is -0.491 e. The minimum atomic E-state index is 0.563. The van der Waals surface area contributed by atoms with E-state index in [0.717, 1.165) is 25.4 Å². The Labute approximate surface area is 110 Å². The first-order valence-corrected chi connectivity index (χ1v) is 6.75. The highest BCUT2D eigenvalue weighted by molar-refractivity contribution is 5.28. The van der Waals surface area contributed by atoms with Crippen LogP contribution in [0.1, 0.15) is 32.3 Å². The lowest BCUT2D eigenvalue weighted by Crippen LogP contribution is -2.20. The molecule has 0 heterocycles. The average molecular weight is 251 g/mol. The highest BCUT2D eigenvalue weighted by Gasteiger charge is 1.99. The molecule has 0 aliphatic heterocycles. The van der Waals surface area contributed by atoms with E-state index >= 15 is 0 Å². The summed E-state index contributed by atoms with van der Waals surface area (Å²) in [6.07, 6.45) is 0. The topological polar surface area (TPSA) is 30.5 Å². The van der Waals surface area contributed by atoms with E-state index in [1.807, 2.05) is 12.1 Å². The number of benzene rings is 1. The van der Waals surface area contributed by atoms with Crippen molar-refractivity contribution in [2.45, 2.75) is 26.7 Å². The molecule has 0 bridgehead atoms. The number of ether oxygens (including phenoxy) is 2. The fourth-order valence-corrected chi connectivity index (χ4v) is 1.59. The molecule has 0 amide bonds. The predicted octanol–water partition coefficient (Wildman–Crippen LogP) is 2.81. The largest absolute Gasteiger partial charge is 0.491 e. The molecule has 1 aromatic carbocycles. The molecule has 0 saturated heterocycles. The van der Waals surface area contributed by atoms with Gasteiger partial charge < -0.3 is 14.8 Å². The highest BCUT2D eigenvalue weighted by Crippen LogP contribution is 2.18. The standard InChI is InChI=1S/C15H25NO2/c1-4-16-9-10-17-11-12-18-15-7-5-14(6-8-15)13(2)3/h5-8,13,16H,4,9-12H2,1-3H3. The molecule has 3 nitrogen and oxygen atoms in total. The predicted molar refractivity (Wildman–Crippen MR) is 75.4 cm³/mol. The number of likely N-dealkylation sites (N-methyl/N-ethyl adjacent to an activating group) is 1. The molecular weight excluding hydrogens is 226 g/mol. The third kappa shape index (κ3) is 6.03. The van der Waals surface area contributed by atoms with Crippen LogP contribution in [0.5, 0.6) is 5.75 Å². The smallest absolute Gasteiger partial charge is 0.119 e. The number of hydrogen-bond acceptors (Lipinski definition) is 3. The summed E-state index contributed by atoms with van der Waals surface area (Å²) < 4.78 is 11.0. The van der Waals surface area contributed by atoms with E-state index in [2.05, 4.69) is 38.2 Å². The van der Waals surface area contributed by atoms with Crippen molar-refractivity contribution < 1.29 is 9.47 Å². The van der Waals surface area contributed by atoms with Crippen molar-refractivity contribution in [2.75, 3.05) is 32.9 Å². The summed E-state index contributed by atoms with van der Waals surface area (Å²) >= 11 is 0. The second kappa shape index (κ2) is 8.95. The Kier molecular flexibility index (Phi) is 7.46. The van der Waals surface area contributed by atoms with Crippen LogP contribution in [-0.2, 0) is 4.74 Å². The fraction of sp³-hybridized carbons (Fsp3) is 0.600. The molecule has 0 aliphatic rings. The van der Waals surface area contributed by atoms with E-state index < -0.39 is 0 Å². The van der Waals surface area contributed by atoms with Crippen LogP contribution in [0.2, 0.25) is 0 Å². The lowest BCUT2D eigenvalue weighted by atomic mass is 10.0. The SMILES string of the molecule is CCNCCOCCOc1ccc(C(C)C)cc1. The van der Waals surface area contributed by atoms with Crippen molar-refractivity contribution in [1.82, 2.24) is 5.32 Å². The lowest BCUT2D eigenvalue weighted by molar-refractivity contribution is 0.102. The van der Waals surface area contributed by atoms with Gasteiger partial charge >= 0.3 is 0 Å². The third-order valence-corrected chi connectivity index (χ3v) is 2.72. The van der Waals surface area contributed by atoms with Crippen molar-refractivity contribution in [1.29, 1.82) is 0 Å². The maximum Gasteiger partial charge on any atom is 0.119 e. The van der Waals surface area contributed by atoms with Crippen molar-refractivity contribution in [3.63, 3.8) is 0 Å². The van der Waals surface area contributed by atoms with Crippen molar-refractivity contribution in [2.24, 2.45) is 0 Å². The fourth-order valence-electron chi connectivity index (χ4n) is 1.59. The number of nitrogens with one attached hydrogen (secondary N) is 1. The Morgan fingerprint density at radius 1 is 1.06 bits per heavy atom. The Balaban J connectivity index is 2.12. The zero-order valence-corrected chi connectivity index (χ0v) is 11.7. The van der Waals surface area contributed by atoms with Gasteiger partial charge in [0.05, 0.1) is 13.2 Å². The van der Waals surface area contributed by atoms with Crippen LogP contribution >= 0.6 is 0 Å². The summed E-state index contributed by atoms with van der Waals surface area (Å²) in [4.78, 5) is 0. The molecule has 18 heavy (non-hydrogen) atoms. The summed E-state index contributed by atoms with van der Waals surface area (Å²) in [6, 6.07) is 8.28. The molecule has 0 spiro atoms. The van der Waals surface area contributed by atoms with Gasteiger partial charge in [0.2, 0.25) is 0 Å². The maximum atomic E-state index is 5.60. The molecule has 0 unspecified atom stereocenters. The van der Waals surface area contributed by atoms with E-state index in [-0.39, 0.29) is 0 Å². The van der Waals surface area contributed by atoms with Gasteiger partial charge in [0.15, 0.2) is 0 Å². The summed E-state index contributed by atoms with van der Waals surface area (Å²) in [5.74, 6) is 1.48. The van der Waals surface area contributed by atoms with Crippen molar-refractivity contribution in [3.05, 3.63) is 29.8 Å². The lowest BCUT2D eigenvalue weighted by Gasteiger charge is -2.09. The highest BCUT2D eigenvalue weighted by atomic mass is 16.5. The van der Waals surface area contributed by atoms with Gasteiger partial charge in [-0.3, -0.25) is 0 Å². The molecule has 0 aromatic heterocycles. The molecular formula is C15H25NO2. The van der Waals surface area contributed by atoms with Crippen LogP contribution in [0.4, 0.5) is 0 Å². The van der Waals surface area contributed by atoms with Gasteiger partial charge in [-0.1, -0.05) is 32.9 Å². The van der Waals surface area contributed by atoms with E-state index in [0.29, 0.717) is 19.1 Å². The van der Waals surface area contributed by atoms with Gasteiger partial charge in [0.1, 0.15) is 12.4 Å². The molecule has 0 saturated carbocycles. The second-order valence-corrected chi connectivity index (χ2v) is 4.54. The molecule has 0 fully saturated rings. The van der Waals surface area contributed by atoms with Gasteiger partial charge in [-0.25, -0.2) is 0 Å². The summed E-state index contributed by atoms with van der Waals surface area (Å²) in [6.45, 7) is 10.3. The monoisotopic (exact) mass is 251 g/mol. The summed E-state index contributed by atoms with van der Waals surface area (Å²) in [7, 11) is 0. The molecule has 0 aliphatic carbocycles. The number of rotatable bonds is 9. The van der Waals surface area contributed by atoms with Gasteiger partial charge in [-0.15, -0.1) is 0 Å². The second-order valence-electron chi connectivity index (χ2n) is 4.54.